The second kappa shape index (κ2) is 19.1. The van der Waals surface area contributed by atoms with Gasteiger partial charge in [-0.2, -0.15) is 28.8 Å². The van der Waals surface area contributed by atoms with E-state index in [1.54, 1.807) is 31.4 Å². The van der Waals surface area contributed by atoms with Crippen LogP contribution in [0.2, 0.25) is 0 Å². The minimum absolute atomic E-state index is 0.224. The zero-order chi connectivity index (χ0) is 33.4. The van der Waals surface area contributed by atoms with Gasteiger partial charge in [0.25, 0.3) is 21.7 Å². The van der Waals surface area contributed by atoms with Crippen LogP contribution in [0.15, 0.2) is 62.7 Å². The van der Waals surface area contributed by atoms with Gasteiger partial charge >= 0.3 is 0 Å². The maximum Gasteiger partial charge on any atom is 0.296 e. The van der Waals surface area contributed by atoms with E-state index in [4.69, 9.17) is 4.74 Å². The van der Waals surface area contributed by atoms with Crippen LogP contribution < -0.4 is 9.75 Å². The van der Waals surface area contributed by atoms with Crippen molar-refractivity contribution in [1.82, 2.24) is 0 Å². The van der Waals surface area contributed by atoms with Crippen molar-refractivity contribution in [2.45, 2.75) is 121 Å². The van der Waals surface area contributed by atoms with E-state index in [2.05, 4.69) is 22.3 Å². The molecule has 1 unspecified atom stereocenters. The van der Waals surface area contributed by atoms with Gasteiger partial charge in [-0.1, -0.05) is 96.8 Å². The van der Waals surface area contributed by atoms with Gasteiger partial charge < -0.3 is 4.74 Å². The summed E-state index contributed by atoms with van der Waals surface area (Å²) in [6.45, 7) is 2.24. The monoisotopic (exact) mass is 657 g/mol. The summed E-state index contributed by atoms with van der Waals surface area (Å²) in [5.41, 5.74) is -0.00296. The van der Waals surface area contributed by atoms with Gasteiger partial charge in [-0.05, 0) is 49.2 Å². The van der Waals surface area contributed by atoms with E-state index in [0.29, 0.717) is 29.6 Å². The van der Waals surface area contributed by atoms with Crippen molar-refractivity contribution in [1.29, 1.82) is 0 Å². The third-order valence-corrected chi connectivity index (χ3v) is 8.90. The molecule has 0 aromatic heterocycles. The number of carbonyl (C=O) groups excluding carboxylic acids is 1. The predicted molar refractivity (Wildman–Crippen MR) is 179 cm³/mol. The highest BCUT2D eigenvalue weighted by atomic mass is 32.2. The number of methoxy groups -OCH3 is 1. The van der Waals surface area contributed by atoms with E-state index in [1.165, 1.54) is 70.6 Å². The summed E-state index contributed by atoms with van der Waals surface area (Å²) in [7, 11) is -3.15. The molecule has 1 aliphatic rings. The molecule has 1 aliphatic heterocycles. The predicted octanol–water partition coefficient (Wildman–Crippen LogP) is 8.97. The molecule has 1 atom stereocenters. The summed E-state index contributed by atoms with van der Waals surface area (Å²) in [4.78, 5) is 23.8. The first-order chi connectivity index (χ1) is 22.2. The number of unbranched alkanes of at least 4 members (excludes halogenated alkanes) is 14. The Morgan fingerprint density at radius 2 is 1.43 bits per heavy atom. The van der Waals surface area contributed by atoms with Crippen LogP contribution in [-0.4, -0.2) is 42.7 Å². The van der Waals surface area contributed by atoms with E-state index in [-0.39, 0.29) is 5.69 Å². The number of azo groups is 1. The van der Waals surface area contributed by atoms with Gasteiger partial charge in [0, 0.05) is 6.07 Å². The molecule has 0 bridgehead atoms. The van der Waals surface area contributed by atoms with Crippen LogP contribution in [0.4, 0.5) is 17.1 Å². The normalized spacial score (nSPS) is 15.1. The van der Waals surface area contributed by atoms with Crippen LogP contribution >= 0.6 is 0 Å². The highest BCUT2D eigenvalue weighted by Gasteiger charge is 2.39. The lowest BCUT2D eigenvalue weighted by atomic mass is 10.0. The topological polar surface area (TPSA) is 164 Å². The quantitative estimate of drug-likeness (QED) is 0.0434. The molecule has 0 aliphatic carbocycles. The van der Waals surface area contributed by atoms with Crippen molar-refractivity contribution < 1.29 is 27.4 Å². The fourth-order valence-corrected chi connectivity index (χ4v) is 5.91. The molecule has 3 rings (SSSR count). The minimum Gasteiger partial charge on any atom is -0.497 e. The number of nitrogens with zero attached hydrogens (tertiary/aromatic N) is 5. The zero-order valence-electron chi connectivity index (χ0n) is 27.0. The standard InChI is InChI=1S/C33H47N5O7S/c1-3-4-5-6-7-8-9-10-11-12-13-14-15-16-17-18-29-32(35-34-26-19-21-27(45-2)22-20-26)33(39)37(36-29)30-24-23-28(46(42,43)44)25-31(30)38(40)41/h19-25,32H,3-18H2,1-2H3,(H,42,43,44). The van der Waals surface area contributed by atoms with Gasteiger partial charge in [0.1, 0.15) is 16.3 Å². The lowest BCUT2D eigenvalue weighted by molar-refractivity contribution is -0.384. The Bertz CT molecular complexity index is 1440. The van der Waals surface area contributed by atoms with Crippen molar-refractivity contribution in [3.63, 3.8) is 0 Å². The molecule has 12 nitrogen and oxygen atoms in total. The number of hydrogen-bond donors (Lipinski definition) is 1. The SMILES string of the molecule is CCCCCCCCCCCCCCCCCC1=NN(c2ccc(S(=O)(=O)O)cc2[N+](=O)[O-])C(=O)C1N=Nc1ccc(OC)cc1. The number of amides is 1. The molecule has 0 saturated carbocycles. The van der Waals surface area contributed by atoms with Crippen LogP contribution in [0, 0.1) is 10.1 Å². The van der Waals surface area contributed by atoms with Crippen LogP contribution in [0.25, 0.3) is 0 Å². The highest BCUT2D eigenvalue weighted by molar-refractivity contribution is 7.85. The van der Waals surface area contributed by atoms with Crippen LogP contribution in [0.1, 0.15) is 110 Å². The smallest absolute Gasteiger partial charge is 0.296 e. The number of nitro groups is 1. The summed E-state index contributed by atoms with van der Waals surface area (Å²) >= 11 is 0. The Kier molecular flexibility index (Phi) is 15.2. The summed E-state index contributed by atoms with van der Waals surface area (Å²) in [5, 5.41) is 25.6. The fraction of sp³-hybridized carbons (Fsp3) is 0.576. The Labute approximate surface area is 272 Å². The first-order valence-corrected chi connectivity index (χ1v) is 17.8. The van der Waals surface area contributed by atoms with Gasteiger partial charge in [-0.25, -0.2) is 0 Å². The molecule has 0 spiro atoms. The number of benzene rings is 2. The van der Waals surface area contributed by atoms with Crippen LogP contribution in [0.3, 0.4) is 0 Å². The number of carbonyl (C=O) groups is 1. The first-order valence-electron chi connectivity index (χ1n) is 16.4. The number of hydrogen-bond acceptors (Lipinski definition) is 9. The van der Waals surface area contributed by atoms with Crippen LogP contribution in [-0.2, 0) is 14.9 Å². The van der Waals surface area contributed by atoms with Gasteiger partial charge in [0.15, 0.2) is 6.04 Å². The Morgan fingerprint density at radius 1 is 0.891 bits per heavy atom. The molecule has 1 amide bonds. The molecule has 0 fully saturated rings. The third-order valence-electron chi connectivity index (χ3n) is 8.05. The van der Waals surface area contributed by atoms with E-state index >= 15 is 0 Å². The van der Waals surface area contributed by atoms with Gasteiger partial charge in [-0.3, -0.25) is 19.5 Å². The molecule has 2 aromatic carbocycles. The van der Waals surface area contributed by atoms with Gasteiger partial charge in [0.05, 0.1) is 23.4 Å². The summed E-state index contributed by atoms with van der Waals surface area (Å²) in [5.74, 6) is -0.00550. The number of anilines is 1. The van der Waals surface area contributed by atoms with Crippen LogP contribution in [0.5, 0.6) is 5.75 Å². The number of hydrazone groups is 1. The highest BCUT2D eigenvalue weighted by Crippen LogP contribution is 2.35. The number of ether oxygens (including phenoxy) is 1. The molecular formula is C33H47N5O7S. The second-order valence-electron chi connectivity index (χ2n) is 11.6. The number of nitro benzene ring substituents is 1. The Morgan fingerprint density at radius 3 is 1.93 bits per heavy atom. The van der Waals surface area contributed by atoms with E-state index in [9.17, 15) is 27.9 Å². The first kappa shape index (κ1) is 36.8. The van der Waals surface area contributed by atoms with Gasteiger partial charge in [0.2, 0.25) is 0 Å². The van der Waals surface area contributed by atoms with E-state index in [0.717, 1.165) is 42.8 Å². The summed E-state index contributed by atoms with van der Waals surface area (Å²) < 4.78 is 37.7. The third kappa shape index (κ3) is 11.6. The largest absolute Gasteiger partial charge is 0.497 e. The minimum atomic E-state index is -4.70. The summed E-state index contributed by atoms with van der Waals surface area (Å²) in [6, 6.07) is 8.47. The average molecular weight is 658 g/mol. The summed E-state index contributed by atoms with van der Waals surface area (Å²) in [6.07, 6.45) is 18.8. The molecular weight excluding hydrogens is 610 g/mol. The Hall–Kier alpha value is -3.71. The lowest BCUT2D eigenvalue weighted by Gasteiger charge is -2.13. The van der Waals surface area contributed by atoms with E-state index < -0.39 is 37.6 Å². The zero-order valence-corrected chi connectivity index (χ0v) is 27.8. The van der Waals surface area contributed by atoms with Crippen molar-refractivity contribution in [2.24, 2.45) is 15.3 Å². The maximum absolute atomic E-state index is 13.5. The molecule has 46 heavy (non-hydrogen) atoms. The molecule has 1 N–H and O–H groups in total. The molecule has 2 aromatic rings. The molecule has 1 heterocycles. The Balaban J connectivity index is 1.58. The van der Waals surface area contributed by atoms with E-state index in [1.807, 2.05) is 0 Å². The van der Waals surface area contributed by atoms with Crippen molar-refractivity contribution in [2.75, 3.05) is 12.1 Å². The lowest BCUT2D eigenvalue weighted by Crippen LogP contribution is -2.30. The second-order valence-corrected chi connectivity index (χ2v) is 13.1. The average Bonchev–Trinajstić information content (AvgIpc) is 3.35. The van der Waals surface area contributed by atoms with Crippen molar-refractivity contribution in [3.8, 4) is 5.75 Å². The molecule has 252 valence electrons. The number of rotatable bonds is 22. The molecule has 13 heteroatoms. The van der Waals surface area contributed by atoms with Crippen molar-refractivity contribution >= 4 is 38.8 Å². The fourth-order valence-electron chi connectivity index (χ4n) is 5.41. The molecule has 0 radical (unpaired) electrons. The molecule has 0 saturated heterocycles. The maximum atomic E-state index is 13.5. The van der Waals surface area contributed by atoms with Gasteiger partial charge in [-0.15, -0.1) is 0 Å². The van der Waals surface area contributed by atoms with Crippen molar-refractivity contribution in [3.05, 3.63) is 52.6 Å².